The highest BCUT2D eigenvalue weighted by molar-refractivity contribution is 6.07. The Bertz CT molecular complexity index is 850. The zero-order valence-electron chi connectivity index (χ0n) is 11.8. The summed E-state index contributed by atoms with van der Waals surface area (Å²) in [4.78, 5) is 19.3. The maximum Gasteiger partial charge on any atom is 0.277 e. The van der Waals surface area contributed by atoms with Crippen LogP contribution < -0.4 is 4.90 Å². The molecule has 0 saturated heterocycles. The summed E-state index contributed by atoms with van der Waals surface area (Å²) in [6.45, 7) is 2.62. The van der Waals surface area contributed by atoms with Gasteiger partial charge in [-0.1, -0.05) is 24.3 Å². The van der Waals surface area contributed by atoms with Gasteiger partial charge in [-0.2, -0.15) is 0 Å². The van der Waals surface area contributed by atoms with E-state index in [1.165, 1.54) is 5.56 Å². The van der Waals surface area contributed by atoms with Crippen LogP contribution in [0.25, 0.3) is 5.65 Å². The van der Waals surface area contributed by atoms with E-state index in [1.54, 1.807) is 0 Å². The lowest BCUT2D eigenvalue weighted by atomic mass is 10.2. The number of rotatable bonds is 1. The molecule has 1 amide bonds. The van der Waals surface area contributed by atoms with Gasteiger partial charge in [-0.05, 0) is 37.1 Å². The number of benzene rings is 1. The number of aromatic nitrogens is 2. The highest BCUT2D eigenvalue weighted by atomic mass is 16.2. The summed E-state index contributed by atoms with van der Waals surface area (Å²) < 4.78 is 1.87. The molecule has 1 aliphatic rings. The summed E-state index contributed by atoms with van der Waals surface area (Å²) in [6.07, 6.45) is 2.81. The van der Waals surface area contributed by atoms with E-state index >= 15 is 0 Å². The highest BCUT2D eigenvalue weighted by Gasteiger charge is 2.28. The first-order valence-electron chi connectivity index (χ1n) is 7.09. The molecule has 0 radical (unpaired) electrons. The molecule has 2 aromatic heterocycles. The predicted octanol–water partition coefficient (Wildman–Crippen LogP) is 2.85. The molecule has 104 valence electrons. The van der Waals surface area contributed by atoms with Crippen LogP contribution in [0.2, 0.25) is 0 Å². The number of aryl methyl sites for hydroxylation is 1. The minimum Gasteiger partial charge on any atom is -0.306 e. The van der Waals surface area contributed by atoms with Crippen LogP contribution in [-0.4, -0.2) is 21.8 Å². The molecule has 0 spiro atoms. The van der Waals surface area contributed by atoms with Gasteiger partial charge < -0.3 is 4.90 Å². The van der Waals surface area contributed by atoms with E-state index in [4.69, 9.17) is 0 Å². The Labute approximate surface area is 122 Å². The average molecular weight is 277 g/mol. The fourth-order valence-electron chi connectivity index (χ4n) is 3.05. The van der Waals surface area contributed by atoms with Crippen molar-refractivity contribution in [3.05, 3.63) is 65.6 Å². The summed E-state index contributed by atoms with van der Waals surface area (Å²) in [5.74, 6) is 0.0242. The third-order valence-electron chi connectivity index (χ3n) is 4.04. The molecule has 0 atom stereocenters. The van der Waals surface area contributed by atoms with E-state index in [-0.39, 0.29) is 5.91 Å². The Kier molecular flexibility index (Phi) is 2.57. The van der Waals surface area contributed by atoms with Gasteiger partial charge in [0.2, 0.25) is 0 Å². The molecule has 1 aromatic carbocycles. The molecule has 0 fully saturated rings. The number of amides is 1. The molecule has 0 N–H and O–H groups in total. The largest absolute Gasteiger partial charge is 0.306 e. The summed E-state index contributed by atoms with van der Waals surface area (Å²) in [5.41, 5.74) is 4.49. The van der Waals surface area contributed by atoms with E-state index in [2.05, 4.69) is 11.1 Å². The van der Waals surface area contributed by atoms with Crippen molar-refractivity contribution in [1.82, 2.24) is 9.38 Å². The Morgan fingerprint density at radius 1 is 1.14 bits per heavy atom. The zero-order chi connectivity index (χ0) is 14.4. The SMILES string of the molecule is Cc1nc2ccccn2c1C(=O)N1CCc2ccccc21. The lowest BCUT2D eigenvalue weighted by Crippen LogP contribution is -2.30. The number of hydrogen-bond acceptors (Lipinski definition) is 2. The molecule has 0 unspecified atom stereocenters. The molecule has 3 aromatic rings. The van der Waals surface area contributed by atoms with Gasteiger partial charge in [0.1, 0.15) is 11.3 Å². The zero-order valence-corrected chi connectivity index (χ0v) is 11.8. The van der Waals surface area contributed by atoms with Gasteiger partial charge >= 0.3 is 0 Å². The highest BCUT2D eigenvalue weighted by Crippen LogP contribution is 2.29. The van der Waals surface area contributed by atoms with Gasteiger partial charge in [-0.25, -0.2) is 4.98 Å². The van der Waals surface area contributed by atoms with Crippen LogP contribution in [0.15, 0.2) is 48.7 Å². The normalized spacial score (nSPS) is 13.7. The molecule has 4 rings (SSSR count). The van der Waals surface area contributed by atoms with Crippen LogP contribution in [0.1, 0.15) is 21.7 Å². The number of carbonyl (C=O) groups excluding carboxylic acids is 1. The molecule has 0 saturated carbocycles. The van der Waals surface area contributed by atoms with Gasteiger partial charge in [0.15, 0.2) is 0 Å². The molecular formula is C17H15N3O. The van der Waals surface area contributed by atoms with Gasteiger partial charge in [0.25, 0.3) is 5.91 Å². The molecule has 21 heavy (non-hydrogen) atoms. The number of imidazole rings is 1. The number of anilines is 1. The number of pyridine rings is 1. The predicted molar refractivity (Wildman–Crippen MR) is 81.8 cm³/mol. The van der Waals surface area contributed by atoms with Crippen molar-refractivity contribution in [2.75, 3.05) is 11.4 Å². The second-order valence-electron chi connectivity index (χ2n) is 5.31. The van der Waals surface area contributed by atoms with Crippen molar-refractivity contribution < 1.29 is 4.79 Å². The number of hydrogen-bond donors (Lipinski definition) is 0. The molecular weight excluding hydrogens is 262 g/mol. The average Bonchev–Trinajstić information content (AvgIpc) is 3.06. The molecule has 4 nitrogen and oxygen atoms in total. The maximum atomic E-state index is 13.0. The molecule has 0 aliphatic carbocycles. The first-order valence-corrected chi connectivity index (χ1v) is 7.09. The van der Waals surface area contributed by atoms with Gasteiger partial charge in [0.05, 0.1) is 5.69 Å². The van der Waals surface area contributed by atoms with E-state index in [9.17, 15) is 4.79 Å². The first-order chi connectivity index (χ1) is 10.3. The van der Waals surface area contributed by atoms with E-state index in [0.717, 1.165) is 30.0 Å². The summed E-state index contributed by atoms with van der Waals surface area (Å²) in [6, 6.07) is 13.9. The van der Waals surface area contributed by atoms with Crippen LogP contribution in [0.3, 0.4) is 0 Å². The standard InChI is InChI=1S/C17H15N3O/c1-12-16(20-10-5-4-8-15(20)18-12)17(21)19-11-9-13-6-2-3-7-14(13)19/h2-8,10H,9,11H2,1H3. The van der Waals surface area contributed by atoms with Gasteiger partial charge in [-0.3, -0.25) is 9.20 Å². The Balaban J connectivity index is 1.83. The number of para-hydroxylation sites is 1. The molecule has 3 heterocycles. The second kappa shape index (κ2) is 4.45. The molecule has 0 bridgehead atoms. The first kappa shape index (κ1) is 12.1. The van der Waals surface area contributed by atoms with Crippen LogP contribution in [-0.2, 0) is 6.42 Å². The second-order valence-corrected chi connectivity index (χ2v) is 5.31. The maximum absolute atomic E-state index is 13.0. The van der Waals surface area contributed by atoms with Crippen LogP contribution in [0, 0.1) is 6.92 Å². The van der Waals surface area contributed by atoms with Crippen molar-refractivity contribution >= 4 is 17.2 Å². The summed E-state index contributed by atoms with van der Waals surface area (Å²) in [7, 11) is 0. The molecule has 1 aliphatic heterocycles. The van der Waals surface area contributed by atoms with Crippen molar-refractivity contribution in [3.8, 4) is 0 Å². The van der Waals surface area contributed by atoms with Gasteiger partial charge in [-0.15, -0.1) is 0 Å². The topological polar surface area (TPSA) is 37.6 Å². The minimum absolute atomic E-state index is 0.0242. The quantitative estimate of drug-likeness (QED) is 0.686. The fraction of sp³-hybridized carbons (Fsp3) is 0.176. The van der Waals surface area contributed by atoms with E-state index in [0.29, 0.717) is 5.69 Å². The lowest BCUT2D eigenvalue weighted by molar-refractivity contribution is 0.0983. The molecule has 4 heteroatoms. The fourth-order valence-corrected chi connectivity index (χ4v) is 3.05. The van der Waals surface area contributed by atoms with Crippen molar-refractivity contribution in [3.63, 3.8) is 0 Å². The minimum atomic E-state index is 0.0242. The Morgan fingerprint density at radius 2 is 1.95 bits per heavy atom. The Hall–Kier alpha value is -2.62. The van der Waals surface area contributed by atoms with Gasteiger partial charge in [0, 0.05) is 18.4 Å². The lowest BCUT2D eigenvalue weighted by Gasteiger charge is -2.17. The summed E-state index contributed by atoms with van der Waals surface area (Å²) >= 11 is 0. The van der Waals surface area contributed by atoms with Crippen molar-refractivity contribution in [2.24, 2.45) is 0 Å². The van der Waals surface area contributed by atoms with Crippen molar-refractivity contribution in [1.29, 1.82) is 0 Å². The number of nitrogens with zero attached hydrogens (tertiary/aromatic N) is 3. The van der Waals surface area contributed by atoms with Crippen LogP contribution in [0.4, 0.5) is 5.69 Å². The van der Waals surface area contributed by atoms with Crippen molar-refractivity contribution in [2.45, 2.75) is 13.3 Å². The smallest absolute Gasteiger partial charge is 0.277 e. The third-order valence-corrected chi connectivity index (χ3v) is 4.04. The van der Waals surface area contributed by atoms with E-state index < -0.39 is 0 Å². The van der Waals surface area contributed by atoms with E-state index in [1.807, 2.05) is 58.8 Å². The number of carbonyl (C=O) groups is 1. The summed E-state index contributed by atoms with van der Waals surface area (Å²) in [5, 5.41) is 0. The monoisotopic (exact) mass is 277 g/mol. The number of fused-ring (bicyclic) bond motifs is 2. The Morgan fingerprint density at radius 3 is 2.86 bits per heavy atom. The van der Waals surface area contributed by atoms with Crippen LogP contribution >= 0.6 is 0 Å². The van der Waals surface area contributed by atoms with Crippen LogP contribution in [0.5, 0.6) is 0 Å². The third kappa shape index (κ3) is 1.76.